The van der Waals surface area contributed by atoms with Gasteiger partial charge in [-0.25, -0.2) is 12.7 Å². The summed E-state index contributed by atoms with van der Waals surface area (Å²) in [6, 6.07) is 3.74. The van der Waals surface area contributed by atoms with E-state index >= 15 is 0 Å². The summed E-state index contributed by atoms with van der Waals surface area (Å²) in [4.78, 5) is 0. The van der Waals surface area contributed by atoms with E-state index in [9.17, 15) is 8.42 Å². The Labute approximate surface area is 215 Å². The minimum atomic E-state index is -3.24. The zero-order valence-corrected chi connectivity index (χ0v) is 23.9. The topological polar surface area (TPSA) is 65.1 Å². The van der Waals surface area contributed by atoms with Gasteiger partial charge in [-0.15, -0.1) is 0 Å². The molecule has 0 aliphatic carbocycles. The molecule has 0 amide bonds. The van der Waals surface area contributed by atoms with Gasteiger partial charge in [0.25, 0.3) is 0 Å². The first-order valence-corrected chi connectivity index (χ1v) is 15.2. The lowest BCUT2D eigenvalue weighted by molar-refractivity contribution is 0.323. The molecule has 0 spiro atoms. The Morgan fingerprint density at radius 1 is 0.686 bits per heavy atom. The van der Waals surface area contributed by atoms with Gasteiger partial charge in [0.15, 0.2) is 11.5 Å². The van der Waals surface area contributed by atoms with Crippen molar-refractivity contribution in [2.45, 2.75) is 103 Å². The van der Waals surface area contributed by atoms with E-state index in [1.807, 2.05) is 12.1 Å². The molecule has 6 nitrogen and oxygen atoms in total. The Hall–Kier alpha value is -1.47. The fraction of sp³-hybridized carbons (Fsp3) is 0.786. The quantitative estimate of drug-likeness (QED) is 0.156. The van der Waals surface area contributed by atoms with Crippen LogP contribution >= 0.6 is 0 Å². The molecule has 0 saturated carbocycles. The van der Waals surface area contributed by atoms with E-state index in [4.69, 9.17) is 14.2 Å². The Bertz CT molecular complexity index is 757. The smallest absolute Gasteiger partial charge is 0.213 e. The zero-order valence-electron chi connectivity index (χ0n) is 23.1. The van der Waals surface area contributed by atoms with Crippen molar-refractivity contribution in [3.8, 4) is 17.2 Å². The van der Waals surface area contributed by atoms with Crippen LogP contribution in [0.25, 0.3) is 0 Å². The molecule has 1 aromatic rings. The molecule has 0 N–H and O–H groups in total. The van der Waals surface area contributed by atoms with Gasteiger partial charge in [0.05, 0.1) is 27.1 Å². The van der Waals surface area contributed by atoms with Crippen molar-refractivity contribution < 1.29 is 22.6 Å². The summed E-state index contributed by atoms with van der Waals surface area (Å²) in [5, 5.41) is 0. The monoisotopic (exact) mass is 513 g/mol. The molecule has 0 unspecified atom stereocenters. The van der Waals surface area contributed by atoms with Crippen molar-refractivity contribution in [3.05, 3.63) is 17.7 Å². The van der Waals surface area contributed by atoms with E-state index in [1.54, 1.807) is 28.4 Å². The molecule has 0 heterocycles. The second-order valence-electron chi connectivity index (χ2n) is 9.52. The predicted octanol–water partition coefficient (Wildman–Crippen LogP) is 7.00. The second kappa shape index (κ2) is 18.8. The lowest BCUT2D eigenvalue weighted by atomic mass is 10.0. The number of nitrogens with zero attached hydrogens (tertiary/aromatic N) is 1. The van der Waals surface area contributed by atoms with Crippen LogP contribution in [0.3, 0.4) is 0 Å². The molecule has 1 aromatic carbocycles. The molecule has 1 rings (SSSR count). The lowest BCUT2D eigenvalue weighted by Crippen LogP contribution is -2.31. The molecular formula is C28H51NO5S. The Morgan fingerprint density at radius 3 is 1.51 bits per heavy atom. The van der Waals surface area contributed by atoms with Gasteiger partial charge in [-0.05, 0) is 30.5 Å². The summed E-state index contributed by atoms with van der Waals surface area (Å²) in [5.41, 5.74) is 0.943. The van der Waals surface area contributed by atoms with Crippen LogP contribution in [0.4, 0.5) is 0 Å². The van der Waals surface area contributed by atoms with Gasteiger partial charge in [0, 0.05) is 13.6 Å². The highest BCUT2D eigenvalue weighted by molar-refractivity contribution is 7.89. The average Bonchev–Trinajstić information content (AvgIpc) is 2.86. The summed E-state index contributed by atoms with van der Waals surface area (Å²) < 4.78 is 43.0. The van der Waals surface area contributed by atoms with Crippen LogP contribution < -0.4 is 14.2 Å². The highest BCUT2D eigenvalue weighted by atomic mass is 32.2. The second-order valence-corrected chi connectivity index (χ2v) is 11.7. The number of methoxy groups -OCH3 is 3. The van der Waals surface area contributed by atoms with Gasteiger partial charge < -0.3 is 14.2 Å². The number of likely N-dealkylation sites (N-methyl/N-ethyl adjacent to an activating group) is 1. The van der Waals surface area contributed by atoms with Crippen molar-refractivity contribution in [3.63, 3.8) is 0 Å². The van der Waals surface area contributed by atoms with Crippen molar-refractivity contribution in [2.24, 2.45) is 0 Å². The standard InChI is InChI=1S/C28H51NO5S/c1-6-7-8-9-10-11-12-13-14-15-16-17-18-19-22-35(30,31)29(2)21-20-25-23-26(32-3)28(34-5)27(24-25)33-4/h23-24H,6-22H2,1-5H3. The Kier molecular flexibility index (Phi) is 16.9. The van der Waals surface area contributed by atoms with Gasteiger partial charge in [0.1, 0.15) is 0 Å². The van der Waals surface area contributed by atoms with E-state index in [-0.39, 0.29) is 5.75 Å². The molecule has 0 aliphatic heterocycles. The first kappa shape index (κ1) is 31.6. The fourth-order valence-electron chi connectivity index (χ4n) is 4.34. The van der Waals surface area contributed by atoms with Crippen LogP contribution in [-0.2, 0) is 16.4 Å². The van der Waals surface area contributed by atoms with Gasteiger partial charge >= 0.3 is 0 Å². The number of rotatable bonds is 22. The van der Waals surface area contributed by atoms with Gasteiger partial charge in [0.2, 0.25) is 15.8 Å². The highest BCUT2D eigenvalue weighted by Crippen LogP contribution is 2.38. The molecule has 0 bridgehead atoms. The van der Waals surface area contributed by atoms with Gasteiger partial charge in [-0.2, -0.15) is 0 Å². The molecule has 0 saturated heterocycles. The van der Waals surface area contributed by atoms with E-state index in [0.717, 1.165) is 24.8 Å². The van der Waals surface area contributed by atoms with E-state index in [0.29, 0.717) is 30.2 Å². The third-order valence-corrected chi connectivity index (χ3v) is 8.61. The Morgan fingerprint density at radius 2 is 1.11 bits per heavy atom. The maximum Gasteiger partial charge on any atom is 0.213 e. The Balaban J connectivity index is 2.21. The molecule has 0 atom stereocenters. The number of unbranched alkanes of at least 4 members (excludes halogenated alkanes) is 13. The summed E-state index contributed by atoms with van der Waals surface area (Å²) in [6.45, 7) is 2.68. The lowest BCUT2D eigenvalue weighted by Gasteiger charge is -2.18. The molecule has 204 valence electrons. The van der Waals surface area contributed by atoms with Crippen LogP contribution in [0.5, 0.6) is 17.2 Å². The van der Waals surface area contributed by atoms with Crippen LogP contribution in [0.1, 0.15) is 102 Å². The maximum absolute atomic E-state index is 12.7. The minimum Gasteiger partial charge on any atom is -0.493 e. The molecular weight excluding hydrogens is 462 g/mol. The number of ether oxygens (including phenoxy) is 3. The SMILES string of the molecule is CCCCCCCCCCCCCCCCS(=O)(=O)N(C)CCc1cc(OC)c(OC)c(OC)c1. The summed E-state index contributed by atoms with van der Waals surface area (Å²) in [5.74, 6) is 1.92. The number of benzene rings is 1. The molecule has 35 heavy (non-hydrogen) atoms. The first-order valence-electron chi connectivity index (χ1n) is 13.6. The van der Waals surface area contributed by atoms with Crippen LogP contribution in [0, 0.1) is 0 Å². The van der Waals surface area contributed by atoms with Crippen LogP contribution in [0.2, 0.25) is 0 Å². The molecule has 0 aliphatic rings. The molecule has 0 fully saturated rings. The molecule has 7 heteroatoms. The van der Waals surface area contributed by atoms with E-state index in [1.165, 1.54) is 74.9 Å². The summed E-state index contributed by atoms with van der Waals surface area (Å²) in [6.07, 6.45) is 18.2. The third-order valence-electron chi connectivity index (χ3n) is 6.67. The van der Waals surface area contributed by atoms with Crippen molar-refractivity contribution in [1.29, 1.82) is 0 Å². The van der Waals surface area contributed by atoms with Crippen LogP contribution in [-0.4, -0.2) is 53.4 Å². The molecule has 0 aromatic heterocycles. The third kappa shape index (κ3) is 12.9. The maximum atomic E-state index is 12.7. The number of hydrogen-bond acceptors (Lipinski definition) is 5. The van der Waals surface area contributed by atoms with E-state index in [2.05, 4.69) is 6.92 Å². The number of hydrogen-bond donors (Lipinski definition) is 0. The largest absolute Gasteiger partial charge is 0.493 e. The van der Waals surface area contributed by atoms with Crippen molar-refractivity contribution in [2.75, 3.05) is 40.7 Å². The van der Waals surface area contributed by atoms with E-state index < -0.39 is 10.0 Å². The summed E-state index contributed by atoms with van der Waals surface area (Å²) in [7, 11) is 3.14. The zero-order chi connectivity index (χ0) is 25.9. The van der Waals surface area contributed by atoms with Crippen molar-refractivity contribution in [1.82, 2.24) is 4.31 Å². The predicted molar refractivity (Wildman–Crippen MR) is 147 cm³/mol. The first-order chi connectivity index (χ1) is 16.9. The fourth-order valence-corrected chi connectivity index (χ4v) is 5.59. The number of sulfonamides is 1. The highest BCUT2D eigenvalue weighted by Gasteiger charge is 2.18. The van der Waals surface area contributed by atoms with Gasteiger partial charge in [-0.3, -0.25) is 0 Å². The normalized spacial score (nSPS) is 11.7. The minimum absolute atomic E-state index is 0.219. The average molecular weight is 514 g/mol. The van der Waals surface area contributed by atoms with Gasteiger partial charge in [-0.1, -0.05) is 90.4 Å². The van der Waals surface area contributed by atoms with Crippen molar-refractivity contribution >= 4 is 10.0 Å². The molecule has 0 radical (unpaired) electrons. The summed E-state index contributed by atoms with van der Waals surface area (Å²) >= 11 is 0. The van der Waals surface area contributed by atoms with Crippen LogP contribution in [0.15, 0.2) is 12.1 Å².